The Labute approximate surface area is 134 Å². The highest BCUT2D eigenvalue weighted by atomic mass is 32.1. The van der Waals surface area contributed by atoms with Crippen molar-refractivity contribution in [1.29, 1.82) is 0 Å². The highest BCUT2D eigenvalue weighted by molar-refractivity contribution is 7.10. The van der Waals surface area contributed by atoms with Crippen LogP contribution in [0, 0.1) is 6.92 Å². The lowest BCUT2D eigenvalue weighted by atomic mass is 10.1. The van der Waals surface area contributed by atoms with Gasteiger partial charge in [-0.25, -0.2) is 9.67 Å². The van der Waals surface area contributed by atoms with Crippen molar-refractivity contribution in [3.8, 4) is 0 Å². The highest BCUT2D eigenvalue weighted by Crippen LogP contribution is 2.23. The topological polar surface area (TPSA) is 42.7 Å². The third-order valence-corrected chi connectivity index (χ3v) is 4.94. The van der Waals surface area contributed by atoms with Crippen LogP contribution in [0.1, 0.15) is 34.5 Å². The summed E-state index contributed by atoms with van der Waals surface area (Å²) >= 11 is 1.82. The monoisotopic (exact) mass is 312 g/mol. The lowest BCUT2D eigenvalue weighted by Gasteiger charge is -2.14. The van der Waals surface area contributed by atoms with Gasteiger partial charge in [-0.2, -0.15) is 5.10 Å². The van der Waals surface area contributed by atoms with Crippen LogP contribution in [-0.4, -0.2) is 14.8 Å². The van der Waals surface area contributed by atoms with Crippen LogP contribution in [-0.2, 0) is 13.1 Å². The maximum absolute atomic E-state index is 4.12. The first-order chi connectivity index (χ1) is 10.7. The fraction of sp³-hybridized carbons (Fsp3) is 0.294. The van der Waals surface area contributed by atoms with Gasteiger partial charge in [-0.3, -0.25) is 0 Å². The van der Waals surface area contributed by atoms with E-state index in [2.05, 4.69) is 65.0 Å². The van der Waals surface area contributed by atoms with E-state index in [0.29, 0.717) is 6.04 Å². The molecule has 0 aliphatic heterocycles. The van der Waals surface area contributed by atoms with E-state index in [1.165, 1.54) is 21.6 Å². The predicted molar refractivity (Wildman–Crippen MR) is 89.9 cm³/mol. The highest BCUT2D eigenvalue weighted by Gasteiger charge is 2.09. The molecule has 0 bridgehead atoms. The molecule has 2 aromatic heterocycles. The van der Waals surface area contributed by atoms with Crippen molar-refractivity contribution in [3.63, 3.8) is 0 Å². The molecule has 0 saturated carbocycles. The average Bonchev–Trinajstić information content (AvgIpc) is 3.18. The Morgan fingerprint density at radius 2 is 1.95 bits per heavy atom. The molecule has 1 unspecified atom stereocenters. The summed E-state index contributed by atoms with van der Waals surface area (Å²) in [6, 6.07) is 11.2. The first-order valence-corrected chi connectivity index (χ1v) is 8.28. The van der Waals surface area contributed by atoms with Gasteiger partial charge >= 0.3 is 0 Å². The van der Waals surface area contributed by atoms with Gasteiger partial charge < -0.3 is 5.32 Å². The second-order valence-corrected chi connectivity index (χ2v) is 6.43. The average molecular weight is 312 g/mol. The van der Waals surface area contributed by atoms with Crippen molar-refractivity contribution in [3.05, 3.63) is 69.9 Å². The van der Waals surface area contributed by atoms with Crippen molar-refractivity contribution in [2.45, 2.75) is 33.0 Å². The summed E-state index contributed by atoms with van der Waals surface area (Å²) in [4.78, 5) is 5.38. The first kappa shape index (κ1) is 14.9. The van der Waals surface area contributed by atoms with Crippen LogP contribution < -0.4 is 5.32 Å². The number of nitrogens with one attached hydrogen (secondary N) is 1. The molecule has 2 heterocycles. The molecule has 1 atom stereocenters. The van der Waals surface area contributed by atoms with Gasteiger partial charge in [-0.1, -0.05) is 24.3 Å². The Kier molecular flexibility index (Phi) is 4.65. The van der Waals surface area contributed by atoms with Gasteiger partial charge in [0.15, 0.2) is 0 Å². The van der Waals surface area contributed by atoms with E-state index >= 15 is 0 Å². The number of thiophene rings is 1. The Bertz CT molecular complexity index is 701. The van der Waals surface area contributed by atoms with Gasteiger partial charge in [-0.15, -0.1) is 11.3 Å². The molecule has 0 spiro atoms. The van der Waals surface area contributed by atoms with E-state index in [-0.39, 0.29) is 0 Å². The van der Waals surface area contributed by atoms with Crippen LogP contribution in [0.5, 0.6) is 0 Å². The largest absolute Gasteiger partial charge is 0.305 e. The minimum Gasteiger partial charge on any atom is -0.305 e. The molecule has 3 rings (SSSR count). The normalized spacial score (nSPS) is 12.5. The van der Waals surface area contributed by atoms with Crippen LogP contribution >= 0.6 is 11.3 Å². The Morgan fingerprint density at radius 1 is 1.18 bits per heavy atom. The maximum atomic E-state index is 4.12. The van der Waals surface area contributed by atoms with Crippen molar-refractivity contribution in [2.24, 2.45) is 0 Å². The molecule has 5 heteroatoms. The minimum absolute atomic E-state index is 0.384. The zero-order valence-electron chi connectivity index (χ0n) is 12.9. The predicted octanol–water partition coefficient (Wildman–Crippen LogP) is 3.55. The Hall–Kier alpha value is -1.98. The number of aryl methyl sites for hydroxylation is 1. The van der Waals surface area contributed by atoms with E-state index in [4.69, 9.17) is 0 Å². The van der Waals surface area contributed by atoms with Gasteiger partial charge in [0.05, 0.1) is 6.54 Å². The lowest BCUT2D eigenvalue weighted by molar-refractivity contribution is 0.580. The zero-order valence-corrected chi connectivity index (χ0v) is 13.7. The number of hydrogen-bond donors (Lipinski definition) is 1. The summed E-state index contributed by atoms with van der Waals surface area (Å²) in [5.74, 6) is 0. The molecule has 0 aliphatic carbocycles. The number of benzene rings is 1. The lowest BCUT2D eigenvalue weighted by Crippen LogP contribution is -2.17. The second kappa shape index (κ2) is 6.85. The smallest absolute Gasteiger partial charge is 0.137 e. The van der Waals surface area contributed by atoms with Gasteiger partial charge in [0, 0.05) is 17.5 Å². The van der Waals surface area contributed by atoms with Gasteiger partial charge in [0.1, 0.15) is 12.7 Å². The number of aromatic nitrogens is 3. The molecular formula is C17H20N4S. The molecule has 1 aromatic carbocycles. The molecule has 0 saturated heterocycles. The molecule has 1 N–H and O–H groups in total. The molecule has 3 aromatic rings. The number of hydrogen-bond acceptors (Lipinski definition) is 4. The summed E-state index contributed by atoms with van der Waals surface area (Å²) < 4.78 is 1.83. The SMILES string of the molecule is Cc1ccsc1C(C)NCc1ccc(Cn2cncn2)cc1. The molecular weight excluding hydrogens is 292 g/mol. The molecule has 4 nitrogen and oxygen atoms in total. The zero-order chi connectivity index (χ0) is 15.4. The maximum Gasteiger partial charge on any atom is 0.137 e. The van der Waals surface area contributed by atoms with E-state index in [1.54, 1.807) is 12.7 Å². The Balaban J connectivity index is 1.56. The van der Waals surface area contributed by atoms with Crippen molar-refractivity contribution >= 4 is 11.3 Å². The van der Waals surface area contributed by atoms with E-state index < -0.39 is 0 Å². The Morgan fingerprint density at radius 3 is 2.59 bits per heavy atom. The third-order valence-electron chi connectivity index (χ3n) is 3.74. The summed E-state index contributed by atoms with van der Waals surface area (Å²) in [6.07, 6.45) is 3.30. The van der Waals surface area contributed by atoms with E-state index in [1.807, 2.05) is 16.0 Å². The van der Waals surface area contributed by atoms with Crippen molar-refractivity contribution in [2.75, 3.05) is 0 Å². The number of nitrogens with zero attached hydrogens (tertiary/aromatic N) is 3. The van der Waals surface area contributed by atoms with Gasteiger partial charge in [-0.05, 0) is 42.0 Å². The summed E-state index contributed by atoms with van der Waals surface area (Å²) in [5, 5.41) is 9.87. The van der Waals surface area contributed by atoms with Crippen LogP contribution in [0.4, 0.5) is 0 Å². The van der Waals surface area contributed by atoms with E-state index in [0.717, 1.165) is 13.1 Å². The number of rotatable bonds is 6. The molecule has 114 valence electrons. The molecule has 0 radical (unpaired) electrons. The fourth-order valence-corrected chi connectivity index (χ4v) is 3.42. The second-order valence-electron chi connectivity index (χ2n) is 5.48. The first-order valence-electron chi connectivity index (χ1n) is 7.40. The summed E-state index contributed by atoms with van der Waals surface area (Å²) in [7, 11) is 0. The van der Waals surface area contributed by atoms with E-state index in [9.17, 15) is 0 Å². The van der Waals surface area contributed by atoms with Crippen LogP contribution in [0.2, 0.25) is 0 Å². The van der Waals surface area contributed by atoms with Crippen molar-refractivity contribution in [1.82, 2.24) is 20.1 Å². The molecule has 0 aliphatic rings. The van der Waals surface area contributed by atoms with Gasteiger partial charge in [0.2, 0.25) is 0 Å². The van der Waals surface area contributed by atoms with Crippen molar-refractivity contribution < 1.29 is 0 Å². The molecule has 22 heavy (non-hydrogen) atoms. The van der Waals surface area contributed by atoms with Gasteiger partial charge in [0.25, 0.3) is 0 Å². The molecule has 0 amide bonds. The third kappa shape index (κ3) is 3.61. The fourth-order valence-electron chi connectivity index (χ4n) is 2.46. The standard InChI is InChI=1S/C17H20N4S/c1-13-7-8-22-17(13)14(2)19-9-15-3-5-16(6-4-15)10-21-12-18-11-20-21/h3-8,11-12,14,19H,9-10H2,1-2H3. The van der Waals surface area contributed by atoms with Crippen LogP contribution in [0.25, 0.3) is 0 Å². The quantitative estimate of drug-likeness (QED) is 0.757. The summed E-state index contributed by atoms with van der Waals surface area (Å²) in [6.45, 7) is 6.03. The van der Waals surface area contributed by atoms with Crippen LogP contribution in [0.3, 0.4) is 0 Å². The minimum atomic E-state index is 0.384. The summed E-state index contributed by atoms with van der Waals surface area (Å²) in [5.41, 5.74) is 3.90. The van der Waals surface area contributed by atoms with Crippen LogP contribution in [0.15, 0.2) is 48.4 Å². The molecule has 0 fully saturated rings.